The van der Waals surface area contributed by atoms with Crippen molar-refractivity contribution in [3.8, 4) is 0 Å². The van der Waals surface area contributed by atoms with Crippen LogP contribution in [0.2, 0.25) is 0 Å². The van der Waals surface area contributed by atoms with Gasteiger partial charge in [0.25, 0.3) is 0 Å². The fraction of sp³-hybridized carbons (Fsp3) is 0.625. The third kappa shape index (κ3) is 4.03. The lowest BCUT2D eigenvalue weighted by molar-refractivity contribution is 0.0267. The van der Waals surface area contributed by atoms with Gasteiger partial charge < -0.3 is 15.2 Å². The SMILES string of the molecule is CC(C)C(CNCC1(O)CCOC1)c1ccccc1. The maximum absolute atomic E-state index is 10.2. The molecule has 1 saturated heterocycles. The Bertz CT molecular complexity index is 372. The van der Waals surface area contributed by atoms with Crippen LogP contribution in [0.3, 0.4) is 0 Å². The van der Waals surface area contributed by atoms with E-state index < -0.39 is 5.60 Å². The van der Waals surface area contributed by atoms with Crippen LogP contribution in [0.15, 0.2) is 30.3 Å². The third-order valence-electron chi connectivity index (χ3n) is 3.93. The molecule has 1 aromatic rings. The normalized spacial score (nSPS) is 24.8. The van der Waals surface area contributed by atoms with Gasteiger partial charge in [-0.15, -0.1) is 0 Å². The van der Waals surface area contributed by atoms with E-state index in [2.05, 4.69) is 43.4 Å². The Kier molecular flexibility index (Phi) is 4.97. The van der Waals surface area contributed by atoms with E-state index in [4.69, 9.17) is 4.74 Å². The zero-order chi connectivity index (χ0) is 13.7. The minimum absolute atomic E-state index is 0.456. The van der Waals surface area contributed by atoms with Gasteiger partial charge in [0.05, 0.1) is 6.61 Å². The highest BCUT2D eigenvalue weighted by atomic mass is 16.5. The highest BCUT2D eigenvalue weighted by molar-refractivity contribution is 5.20. The van der Waals surface area contributed by atoms with Crippen LogP contribution >= 0.6 is 0 Å². The Morgan fingerprint density at radius 3 is 2.63 bits per heavy atom. The van der Waals surface area contributed by atoms with E-state index in [0.717, 1.165) is 13.0 Å². The van der Waals surface area contributed by atoms with Crippen LogP contribution in [-0.2, 0) is 4.74 Å². The lowest BCUT2D eigenvalue weighted by atomic mass is 9.88. The van der Waals surface area contributed by atoms with Crippen molar-refractivity contribution in [2.45, 2.75) is 31.8 Å². The monoisotopic (exact) mass is 263 g/mol. The van der Waals surface area contributed by atoms with Crippen LogP contribution in [-0.4, -0.2) is 37.0 Å². The van der Waals surface area contributed by atoms with Crippen molar-refractivity contribution < 1.29 is 9.84 Å². The predicted molar refractivity (Wildman–Crippen MR) is 77.3 cm³/mol. The van der Waals surface area contributed by atoms with E-state index >= 15 is 0 Å². The number of rotatable bonds is 6. The summed E-state index contributed by atoms with van der Waals surface area (Å²) in [5, 5.41) is 13.6. The molecule has 1 aliphatic rings. The molecule has 106 valence electrons. The Balaban J connectivity index is 1.88. The van der Waals surface area contributed by atoms with Crippen LogP contribution in [0.5, 0.6) is 0 Å². The first-order valence-electron chi connectivity index (χ1n) is 7.16. The molecule has 0 spiro atoms. The molecule has 2 unspecified atom stereocenters. The second kappa shape index (κ2) is 6.51. The lowest BCUT2D eigenvalue weighted by Gasteiger charge is -2.25. The molecule has 3 heteroatoms. The van der Waals surface area contributed by atoms with Crippen molar-refractivity contribution in [1.82, 2.24) is 5.32 Å². The highest BCUT2D eigenvalue weighted by Gasteiger charge is 2.32. The van der Waals surface area contributed by atoms with Crippen LogP contribution < -0.4 is 5.32 Å². The van der Waals surface area contributed by atoms with Crippen molar-refractivity contribution in [2.75, 3.05) is 26.3 Å². The second-order valence-corrected chi connectivity index (χ2v) is 5.92. The summed E-state index contributed by atoms with van der Waals surface area (Å²) in [5.41, 5.74) is 0.692. The number of ether oxygens (including phenoxy) is 1. The van der Waals surface area contributed by atoms with E-state index in [-0.39, 0.29) is 0 Å². The second-order valence-electron chi connectivity index (χ2n) is 5.92. The average molecular weight is 263 g/mol. The fourth-order valence-corrected chi connectivity index (χ4v) is 2.63. The maximum atomic E-state index is 10.2. The molecule has 3 nitrogen and oxygen atoms in total. The van der Waals surface area contributed by atoms with E-state index in [1.165, 1.54) is 5.56 Å². The molecule has 1 fully saturated rings. The largest absolute Gasteiger partial charge is 0.386 e. The maximum Gasteiger partial charge on any atom is 0.102 e. The van der Waals surface area contributed by atoms with Crippen molar-refractivity contribution in [1.29, 1.82) is 0 Å². The van der Waals surface area contributed by atoms with Crippen molar-refractivity contribution in [3.63, 3.8) is 0 Å². The van der Waals surface area contributed by atoms with E-state index in [1.807, 2.05) is 6.07 Å². The first-order valence-corrected chi connectivity index (χ1v) is 7.16. The number of nitrogens with one attached hydrogen (secondary N) is 1. The molecule has 0 radical (unpaired) electrons. The summed E-state index contributed by atoms with van der Waals surface area (Å²) in [5.74, 6) is 1.05. The molecule has 0 aromatic heterocycles. The Labute approximate surface area is 116 Å². The Morgan fingerprint density at radius 1 is 1.32 bits per heavy atom. The minimum Gasteiger partial charge on any atom is -0.386 e. The molecular weight excluding hydrogens is 238 g/mol. The molecule has 0 amide bonds. The van der Waals surface area contributed by atoms with Crippen molar-refractivity contribution in [3.05, 3.63) is 35.9 Å². The number of hydrogen-bond donors (Lipinski definition) is 2. The summed E-state index contributed by atoms with van der Waals surface area (Å²) >= 11 is 0. The first kappa shape index (κ1) is 14.5. The van der Waals surface area contributed by atoms with E-state index in [9.17, 15) is 5.11 Å². The molecule has 2 rings (SSSR count). The molecule has 2 atom stereocenters. The highest BCUT2D eigenvalue weighted by Crippen LogP contribution is 2.24. The van der Waals surface area contributed by atoms with Gasteiger partial charge in [-0.1, -0.05) is 44.2 Å². The molecule has 1 heterocycles. The van der Waals surface area contributed by atoms with Crippen LogP contribution in [0, 0.1) is 5.92 Å². The lowest BCUT2D eigenvalue weighted by Crippen LogP contribution is -2.42. The van der Waals surface area contributed by atoms with Gasteiger partial charge in [-0.3, -0.25) is 0 Å². The van der Waals surface area contributed by atoms with Gasteiger partial charge in [0.1, 0.15) is 5.60 Å². The van der Waals surface area contributed by atoms with E-state index in [1.54, 1.807) is 0 Å². The van der Waals surface area contributed by atoms with Gasteiger partial charge >= 0.3 is 0 Å². The quantitative estimate of drug-likeness (QED) is 0.826. The third-order valence-corrected chi connectivity index (χ3v) is 3.93. The fourth-order valence-electron chi connectivity index (χ4n) is 2.63. The molecule has 0 bridgehead atoms. The smallest absolute Gasteiger partial charge is 0.102 e. The first-order chi connectivity index (χ1) is 9.11. The van der Waals surface area contributed by atoms with Gasteiger partial charge in [0.15, 0.2) is 0 Å². The molecule has 19 heavy (non-hydrogen) atoms. The Morgan fingerprint density at radius 2 is 2.05 bits per heavy atom. The Hall–Kier alpha value is -0.900. The predicted octanol–water partition coefficient (Wildman–Crippen LogP) is 2.17. The summed E-state index contributed by atoms with van der Waals surface area (Å²) in [6.07, 6.45) is 0.734. The molecule has 0 saturated carbocycles. The van der Waals surface area contributed by atoms with Crippen molar-refractivity contribution in [2.24, 2.45) is 5.92 Å². The topological polar surface area (TPSA) is 41.5 Å². The van der Waals surface area contributed by atoms with Gasteiger partial charge in [-0.05, 0) is 17.4 Å². The van der Waals surface area contributed by atoms with Crippen LogP contribution in [0.1, 0.15) is 31.7 Å². The number of benzene rings is 1. The number of hydrogen-bond acceptors (Lipinski definition) is 3. The molecular formula is C16H25NO2. The average Bonchev–Trinajstić information content (AvgIpc) is 2.82. The zero-order valence-electron chi connectivity index (χ0n) is 11.9. The zero-order valence-corrected chi connectivity index (χ0v) is 11.9. The van der Waals surface area contributed by atoms with Gasteiger partial charge in [-0.25, -0.2) is 0 Å². The summed E-state index contributed by atoms with van der Waals surface area (Å²) < 4.78 is 5.26. The van der Waals surface area contributed by atoms with Gasteiger partial charge in [0.2, 0.25) is 0 Å². The standard InChI is InChI=1S/C16H25NO2/c1-13(2)15(14-6-4-3-5-7-14)10-17-11-16(18)8-9-19-12-16/h3-7,13,15,17-18H,8-12H2,1-2H3. The molecule has 1 aromatic carbocycles. The van der Waals surface area contributed by atoms with Gasteiger partial charge in [-0.2, -0.15) is 0 Å². The summed E-state index contributed by atoms with van der Waals surface area (Å²) in [6.45, 7) is 7.12. The summed E-state index contributed by atoms with van der Waals surface area (Å²) in [7, 11) is 0. The summed E-state index contributed by atoms with van der Waals surface area (Å²) in [4.78, 5) is 0. The molecule has 2 N–H and O–H groups in total. The minimum atomic E-state index is -0.668. The molecule has 1 aliphatic heterocycles. The number of aliphatic hydroxyl groups is 1. The van der Waals surface area contributed by atoms with Gasteiger partial charge in [0, 0.05) is 26.1 Å². The van der Waals surface area contributed by atoms with Crippen LogP contribution in [0.4, 0.5) is 0 Å². The van der Waals surface area contributed by atoms with Crippen LogP contribution in [0.25, 0.3) is 0 Å². The summed E-state index contributed by atoms with van der Waals surface area (Å²) in [6, 6.07) is 10.6. The van der Waals surface area contributed by atoms with Crippen molar-refractivity contribution >= 4 is 0 Å². The van der Waals surface area contributed by atoms with E-state index in [0.29, 0.717) is 31.6 Å². The molecule has 0 aliphatic carbocycles.